The number of hydrogen-bond acceptors (Lipinski definition) is 5. The van der Waals surface area contributed by atoms with Crippen molar-refractivity contribution in [2.75, 3.05) is 25.5 Å². The molecule has 1 fully saturated rings. The highest BCUT2D eigenvalue weighted by Crippen LogP contribution is 2.32. The quantitative estimate of drug-likeness (QED) is 0.850. The van der Waals surface area contributed by atoms with Gasteiger partial charge in [-0.05, 0) is 25.0 Å². The molecule has 0 radical (unpaired) electrons. The fourth-order valence-electron chi connectivity index (χ4n) is 2.93. The highest BCUT2D eigenvalue weighted by atomic mass is 32.2. The molecule has 1 unspecified atom stereocenters. The fraction of sp³-hybridized carbons (Fsp3) is 0.500. The lowest BCUT2D eigenvalue weighted by Gasteiger charge is -2.21. The topological polar surface area (TPSA) is 93.1 Å². The van der Waals surface area contributed by atoms with E-state index in [0.29, 0.717) is 49.0 Å². The monoisotopic (exact) mass is 353 g/mol. The van der Waals surface area contributed by atoms with Crippen LogP contribution >= 0.6 is 0 Å². The molecule has 2 aliphatic heterocycles. The molecular formula is C16H19NO6S. The van der Waals surface area contributed by atoms with Gasteiger partial charge in [-0.25, -0.2) is 4.79 Å². The van der Waals surface area contributed by atoms with E-state index in [9.17, 15) is 13.8 Å². The molecule has 1 aromatic rings. The third-order valence-corrected chi connectivity index (χ3v) is 5.49. The molecule has 24 heavy (non-hydrogen) atoms. The maximum Gasteiger partial charge on any atom is 0.326 e. The summed E-state index contributed by atoms with van der Waals surface area (Å²) < 4.78 is 23.3. The molecule has 2 aliphatic rings. The number of rotatable bonds is 5. The Morgan fingerprint density at radius 1 is 1.25 bits per heavy atom. The summed E-state index contributed by atoms with van der Waals surface area (Å²) in [5, 5.41) is 9.12. The lowest BCUT2D eigenvalue weighted by atomic mass is 10.2. The Balaban J connectivity index is 1.59. The third-order valence-electron chi connectivity index (χ3n) is 4.14. The summed E-state index contributed by atoms with van der Waals surface area (Å²) in [6.07, 6.45) is 1.23. The summed E-state index contributed by atoms with van der Waals surface area (Å²) >= 11 is 0. The van der Waals surface area contributed by atoms with Gasteiger partial charge < -0.3 is 19.5 Å². The minimum absolute atomic E-state index is 0.0604. The average Bonchev–Trinajstić information content (AvgIpc) is 3.09. The van der Waals surface area contributed by atoms with Crippen molar-refractivity contribution < 1.29 is 28.4 Å². The standard InChI is InChI=1S/C16H19NO6S/c18-15(17-6-1-2-12(17)16(19)20)5-9-24(21)11-3-4-13-14(10-11)23-8-7-22-13/h3-4,10,12H,1-2,5-9H2,(H,19,20)/t12-,24?/m1/s1. The summed E-state index contributed by atoms with van der Waals surface area (Å²) in [4.78, 5) is 25.3. The number of carboxylic acids is 1. The van der Waals surface area contributed by atoms with E-state index < -0.39 is 22.8 Å². The van der Waals surface area contributed by atoms with Crippen molar-refractivity contribution in [2.24, 2.45) is 0 Å². The molecule has 0 aromatic heterocycles. The second-order valence-electron chi connectivity index (χ2n) is 5.69. The van der Waals surface area contributed by atoms with Crippen molar-refractivity contribution in [3.8, 4) is 11.5 Å². The summed E-state index contributed by atoms with van der Waals surface area (Å²) in [7, 11) is -1.35. The van der Waals surface area contributed by atoms with Gasteiger partial charge in [0.2, 0.25) is 5.91 Å². The maximum absolute atomic E-state index is 12.4. The molecule has 2 heterocycles. The summed E-state index contributed by atoms with van der Waals surface area (Å²) in [5.74, 6) is 0.101. The number of amides is 1. The van der Waals surface area contributed by atoms with Gasteiger partial charge in [-0.3, -0.25) is 9.00 Å². The molecule has 1 N–H and O–H groups in total. The van der Waals surface area contributed by atoms with Crippen molar-refractivity contribution in [3.63, 3.8) is 0 Å². The lowest BCUT2D eigenvalue weighted by molar-refractivity contribution is -0.148. The van der Waals surface area contributed by atoms with Crippen LogP contribution in [-0.2, 0) is 20.4 Å². The average molecular weight is 353 g/mol. The van der Waals surface area contributed by atoms with Crippen molar-refractivity contribution in [1.82, 2.24) is 4.90 Å². The Hall–Kier alpha value is -2.09. The number of ether oxygens (including phenoxy) is 2. The Bertz CT molecular complexity index is 677. The van der Waals surface area contributed by atoms with E-state index in [4.69, 9.17) is 14.6 Å². The number of nitrogens with zero attached hydrogens (tertiary/aromatic N) is 1. The van der Waals surface area contributed by atoms with Crippen molar-refractivity contribution in [3.05, 3.63) is 18.2 Å². The first-order chi connectivity index (χ1) is 11.6. The van der Waals surface area contributed by atoms with E-state index in [2.05, 4.69) is 0 Å². The van der Waals surface area contributed by atoms with Crippen LogP contribution in [-0.4, -0.2) is 57.6 Å². The number of carbonyl (C=O) groups is 2. The molecule has 130 valence electrons. The zero-order valence-electron chi connectivity index (χ0n) is 13.1. The van der Waals surface area contributed by atoms with E-state index >= 15 is 0 Å². The van der Waals surface area contributed by atoms with E-state index in [1.54, 1.807) is 18.2 Å². The molecule has 2 atom stereocenters. The molecule has 0 aliphatic carbocycles. The van der Waals surface area contributed by atoms with E-state index in [0.717, 1.165) is 0 Å². The number of carbonyl (C=O) groups excluding carboxylic acids is 1. The van der Waals surface area contributed by atoms with Gasteiger partial charge in [-0.2, -0.15) is 0 Å². The maximum atomic E-state index is 12.4. The molecule has 1 amide bonds. The minimum atomic E-state index is -1.35. The van der Waals surface area contributed by atoms with Gasteiger partial charge in [0.15, 0.2) is 11.5 Å². The van der Waals surface area contributed by atoms with Gasteiger partial charge in [0.05, 0.1) is 10.8 Å². The molecule has 8 heteroatoms. The molecule has 1 saturated heterocycles. The minimum Gasteiger partial charge on any atom is -0.486 e. The number of hydrogen-bond donors (Lipinski definition) is 1. The van der Waals surface area contributed by atoms with Crippen LogP contribution in [0.25, 0.3) is 0 Å². The highest BCUT2D eigenvalue weighted by Gasteiger charge is 2.33. The number of likely N-dealkylation sites (tertiary alicyclic amines) is 1. The van der Waals surface area contributed by atoms with E-state index in [-0.39, 0.29) is 18.1 Å². The van der Waals surface area contributed by atoms with Crippen LogP contribution < -0.4 is 9.47 Å². The molecule has 0 saturated carbocycles. The number of fused-ring (bicyclic) bond motifs is 1. The molecule has 0 bridgehead atoms. The van der Waals surface area contributed by atoms with Crippen LogP contribution in [0.15, 0.2) is 23.1 Å². The number of benzene rings is 1. The molecule has 3 rings (SSSR count). The van der Waals surface area contributed by atoms with Crippen LogP contribution in [0.2, 0.25) is 0 Å². The zero-order chi connectivity index (χ0) is 17.1. The zero-order valence-corrected chi connectivity index (χ0v) is 13.9. The van der Waals surface area contributed by atoms with Crippen molar-refractivity contribution in [1.29, 1.82) is 0 Å². The van der Waals surface area contributed by atoms with Crippen LogP contribution in [0.1, 0.15) is 19.3 Å². The first-order valence-electron chi connectivity index (χ1n) is 7.86. The Kier molecular flexibility index (Phi) is 5.03. The van der Waals surface area contributed by atoms with Crippen LogP contribution in [0.4, 0.5) is 0 Å². The van der Waals surface area contributed by atoms with E-state index in [1.807, 2.05) is 0 Å². The van der Waals surface area contributed by atoms with Crippen LogP contribution in [0, 0.1) is 0 Å². The second-order valence-corrected chi connectivity index (χ2v) is 7.26. The van der Waals surface area contributed by atoms with Crippen LogP contribution in [0.3, 0.4) is 0 Å². The first kappa shape index (κ1) is 16.8. The fourth-order valence-corrected chi connectivity index (χ4v) is 3.98. The lowest BCUT2D eigenvalue weighted by Crippen LogP contribution is -2.40. The Labute approximate surface area is 142 Å². The number of carboxylic acid groups (broad SMARTS) is 1. The predicted octanol–water partition coefficient (Wildman–Crippen LogP) is 1.03. The highest BCUT2D eigenvalue weighted by molar-refractivity contribution is 7.85. The molecule has 0 spiro atoms. The Morgan fingerprint density at radius 2 is 2.00 bits per heavy atom. The third kappa shape index (κ3) is 3.53. The molecule has 7 nitrogen and oxygen atoms in total. The van der Waals surface area contributed by atoms with E-state index in [1.165, 1.54) is 4.90 Å². The van der Waals surface area contributed by atoms with Gasteiger partial charge in [0.25, 0.3) is 0 Å². The smallest absolute Gasteiger partial charge is 0.326 e. The predicted molar refractivity (Wildman–Crippen MR) is 85.7 cm³/mol. The first-order valence-corrected chi connectivity index (χ1v) is 9.18. The summed E-state index contributed by atoms with van der Waals surface area (Å²) in [6.45, 7) is 1.39. The largest absolute Gasteiger partial charge is 0.486 e. The van der Waals surface area contributed by atoms with Gasteiger partial charge in [-0.1, -0.05) is 0 Å². The SMILES string of the molecule is O=C(O)[C@H]1CCCN1C(=O)CCS(=O)c1ccc2c(c1)OCCO2. The molecule has 1 aromatic carbocycles. The summed E-state index contributed by atoms with van der Waals surface area (Å²) in [6, 6.07) is 4.33. The summed E-state index contributed by atoms with van der Waals surface area (Å²) in [5.41, 5.74) is 0. The van der Waals surface area contributed by atoms with Gasteiger partial charge >= 0.3 is 5.97 Å². The normalized spacial score (nSPS) is 20.7. The van der Waals surface area contributed by atoms with Gasteiger partial charge in [-0.15, -0.1) is 0 Å². The van der Waals surface area contributed by atoms with Gasteiger partial charge in [0, 0.05) is 29.7 Å². The second kappa shape index (κ2) is 7.21. The molecular weight excluding hydrogens is 334 g/mol. The van der Waals surface area contributed by atoms with Crippen molar-refractivity contribution >= 4 is 22.7 Å². The van der Waals surface area contributed by atoms with Crippen LogP contribution in [0.5, 0.6) is 11.5 Å². The Morgan fingerprint density at radius 3 is 2.75 bits per heavy atom. The number of aliphatic carboxylic acids is 1. The van der Waals surface area contributed by atoms with Crippen molar-refractivity contribution in [2.45, 2.75) is 30.2 Å². The van der Waals surface area contributed by atoms with Gasteiger partial charge in [0.1, 0.15) is 19.3 Å².